The number of carboxylic acid groups (broad SMARTS) is 1. The number of likely N-dealkylation sites (N-methyl/N-ethyl adjacent to an activating group) is 1. The number of anilines is 1. The molecule has 4 nitrogen and oxygen atoms in total. The minimum absolute atomic E-state index is 0.190. The van der Waals surface area contributed by atoms with Crippen LogP contribution in [0.25, 0.3) is 0 Å². The summed E-state index contributed by atoms with van der Waals surface area (Å²) in [7, 11) is 1.88. The lowest BCUT2D eigenvalue weighted by Crippen LogP contribution is -2.25. The molecule has 0 fully saturated rings. The molecule has 0 unspecified atom stereocenters. The Hall–Kier alpha value is -1.55. The Labute approximate surface area is 108 Å². The molecular formula is C14H21NO3. The fraction of sp³-hybridized carbons (Fsp3) is 0.500. The van der Waals surface area contributed by atoms with Gasteiger partial charge in [-0.3, -0.25) is 0 Å². The third-order valence-corrected chi connectivity index (χ3v) is 2.67. The lowest BCUT2D eigenvalue weighted by atomic mass is 10.1. The third kappa shape index (κ3) is 4.04. The van der Waals surface area contributed by atoms with Gasteiger partial charge in [-0.1, -0.05) is 6.07 Å². The Balaban J connectivity index is 2.80. The first kappa shape index (κ1) is 14.5. The van der Waals surface area contributed by atoms with Crippen LogP contribution in [0.5, 0.6) is 0 Å². The van der Waals surface area contributed by atoms with Crippen LogP contribution in [0.4, 0.5) is 5.69 Å². The second-order valence-corrected chi connectivity index (χ2v) is 4.67. The summed E-state index contributed by atoms with van der Waals surface area (Å²) in [5.41, 5.74) is 2.11. The molecular weight excluding hydrogens is 230 g/mol. The summed E-state index contributed by atoms with van der Waals surface area (Å²) in [6.07, 6.45) is 0.190. The van der Waals surface area contributed by atoms with Gasteiger partial charge >= 0.3 is 5.97 Å². The number of carboxylic acids is 1. The van der Waals surface area contributed by atoms with E-state index in [2.05, 4.69) is 0 Å². The second-order valence-electron chi connectivity index (χ2n) is 4.67. The molecule has 0 atom stereocenters. The molecule has 0 bridgehead atoms. The van der Waals surface area contributed by atoms with E-state index in [0.29, 0.717) is 18.7 Å². The average Bonchev–Trinajstić information content (AvgIpc) is 2.27. The van der Waals surface area contributed by atoms with Crippen LogP contribution in [-0.4, -0.2) is 37.4 Å². The number of benzene rings is 1. The van der Waals surface area contributed by atoms with Crippen molar-refractivity contribution >= 4 is 11.7 Å². The summed E-state index contributed by atoms with van der Waals surface area (Å²) in [4.78, 5) is 13.1. The number of aryl methyl sites for hydroxylation is 1. The maximum Gasteiger partial charge on any atom is 0.337 e. The monoisotopic (exact) mass is 251 g/mol. The normalized spacial score (nSPS) is 10.7. The van der Waals surface area contributed by atoms with Gasteiger partial charge in [0.25, 0.3) is 0 Å². The molecule has 1 aromatic rings. The highest BCUT2D eigenvalue weighted by Gasteiger charge is 2.13. The minimum Gasteiger partial charge on any atom is -0.478 e. The summed E-state index contributed by atoms with van der Waals surface area (Å²) in [6.45, 7) is 7.17. The van der Waals surface area contributed by atoms with Crippen molar-refractivity contribution in [2.75, 3.05) is 25.1 Å². The van der Waals surface area contributed by atoms with E-state index in [0.717, 1.165) is 11.3 Å². The van der Waals surface area contributed by atoms with Crippen molar-refractivity contribution in [2.45, 2.75) is 26.9 Å². The molecule has 4 heteroatoms. The number of carbonyl (C=O) groups is 1. The van der Waals surface area contributed by atoms with Crippen LogP contribution >= 0.6 is 0 Å². The Morgan fingerprint density at radius 1 is 1.44 bits per heavy atom. The van der Waals surface area contributed by atoms with E-state index in [9.17, 15) is 4.79 Å². The maximum atomic E-state index is 11.2. The Morgan fingerprint density at radius 2 is 2.11 bits per heavy atom. The van der Waals surface area contributed by atoms with Crippen LogP contribution in [0.3, 0.4) is 0 Å². The van der Waals surface area contributed by atoms with Gasteiger partial charge in [0.1, 0.15) is 0 Å². The molecule has 0 spiro atoms. The van der Waals surface area contributed by atoms with Gasteiger partial charge in [0.05, 0.1) is 24.0 Å². The zero-order valence-electron chi connectivity index (χ0n) is 11.4. The molecule has 0 aliphatic carbocycles. The summed E-state index contributed by atoms with van der Waals surface area (Å²) in [5, 5.41) is 9.16. The molecule has 0 aromatic heterocycles. The summed E-state index contributed by atoms with van der Waals surface area (Å²) >= 11 is 0. The predicted molar refractivity (Wildman–Crippen MR) is 72.5 cm³/mol. The fourth-order valence-electron chi connectivity index (χ4n) is 1.68. The fourth-order valence-corrected chi connectivity index (χ4v) is 1.68. The zero-order valence-corrected chi connectivity index (χ0v) is 11.4. The second kappa shape index (κ2) is 6.40. The van der Waals surface area contributed by atoms with Crippen molar-refractivity contribution in [2.24, 2.45) is 0 Å². The van der Waals surface area contributed by atoms with Gasteiger partial charge in [-0.05, 0) is 38.5 Å². The number of nitrogens with zero attached hydrogens (tertiary/aromatic N) is 1. The molecule has 0 saturated carbocycles. The van der Waals surface area contributed by atoms with Crippen molar-refractivity contribution in [3.63, 3.8) is 0 Å². The highest BCUT2D eigenvalue weighted by Crippen LogP contribution is 2.21. The van der Waals surface area contributed by atoms with Crippen LogP contribution in [0.15, 0.2) is 18.2 Å². The highest BCUT2D eigenvalue weighted by molar-refractivity contribution is 5.94. The first-order chi connectivity index (χ1) is 8.41. The molecule has 0 amide bonds. The smallest absolute Gasteiger partial charge is 0.337 e. The van der Waals surface area contributed by atoms with E-state index in [-0.39, 0.29) is 6.10 Å². The van der Waals surface area contributed by atoms with Gasteiger partial charge in [0.15, 0.2) is 0 Å². The van der Waals surface area contributed by atoms with Crippen LogP contribution in [-0.2, 0) is 4.74 Å². The van der Waals surface area contributed by atoms with Crippen LogP contribution in [0.2, 0.25) is 0 Å². The van der Waals surface area contributed by atoms with Crippen LogP contribution in [0.1, 0.15) is 29.8 Å². The molecule has 0 radical (unpaired) electrons. The lowest BCUT2D eigenvalue weighted by molar-refractivity contribution is 0.0696. The van der Waals surface area contributed by atoms with E-state index in [1.807, 2.05) is 44.9 Å². The van der Waals surface area contributed by atoms with Crippen molar-refractivity contribution in [3.8, 4) is 0 Å². The first-order valence-electron chi connectivity index (χ1n) is 6.08. The van der Waals surface area contributed by atoms with Gasteiger partial charge in [0, 0.05) is 13.6 Å². The molecule has 18 heavy (non-hydrogen) atoms. The first-order valence-corrected chi connectivity index (χ1v) is 6.08. The number of ether oxygens (including phenoxy) is 1. The highest BCUT2D eigenvalue weighted by atomic mass is 16.5. The molecule has 100 valence electrons. The van der Waals surface area contributed by atoms with Gasteiger partial charge < -0.3 is 14.7 Å². The van der Waals surface area contributed by atoms with Crippen LogP contribution in [0, 0.1) is 6.92 Å². The van der Waals surface area contributed by atoms with E-state index in [4.69, 9.17) is 9.84 Å². The lowest BCUT2D eigenvalue weighted by Gasteiger charge is -2.22. The van der Waals surface area contributed by atoms with E-state index in [1.54, 1.807) is 6.07 Å². The van der Waals surface area contributed by atoms with Gasteiger partial charge in [-0.15, -0.1) is 0 Å². The molecule has 1 aromatic carbocycles. The van der Waals surface area contributed by atoms with Crippen LogP contribution < -0.4 is 4.90 Å². The Bertz CT molecular complexity index is 416. The maximum absolute atomic E-state index is 11.2. The molecule has 0 aliphatic rings. The van der Waals surface area contributed by atoms with Gasteiger partial charge in [0.2, 0.25) is 0 Å². The molecule has 1 rings (SSSR count). The number of rotatable bonds is 6. The van der Waals surface area contributed by atoms with Crippen molar-refractivity contribution in [3.05, 3.63) is 29.3 Å². The van der Waals surface area contributed by atoms with Gasteiger partial charge in [-0.2, -0.15) is 0 Å². The number of hydrogen-bond donors (Lipinski definition) is 1. The molecule has 0 aliphatic heterocycles. The topological polar surface area (TPSA) is 49.8 Å². The number of aromatic carboxylic acids is 1. The van der Waals surface area contributed by atoms with Crippen molar-refractivity contribution in [1.82, 2.24) is 0 Å². The summed E-state index contributed by atoms with van der Waals surface area (Å²) in [6, 6.07) is 5.34. The minimum atomic E-state index is -0.901. The predicted octanol–water partition coefficient (Wildman–Crippen LogP) is 2.55. The van der Waals surface area contributed by atoms with Gasteiger partial charge in [-0.25, -0.2) is 4.79 Å². The molecule has 0 heterocycles. The van der Waals surface area contributed by atoms with E-state index < -0.39 is 5.97 Å². The Kier molecular flexibility index (Phi) is 5.16. The zero-order chi connectivity index (χ0) is 13.7. The SMILES string of the molecule is Cc1ccc(C(=O)O)c(N(C)CCOC(C)C)c1. The number of hydrogen-bond acceptors (Lipinski definition) is 3. The van der Waals surface area contributed by atoms with E-state index >= 15 is 0 Å². The summed E-state index contributed by atoms with van der Waals surface area (Å²) < 4.78 is 5.48. The average molecular weight is 251 g/mol. The molecule has 0 saturated heterocycles. The van der Waals surface area contributed by atoms with E-state index in [1.165, 1.54) is 0 Å². The Morgan fingerprint density at radius 3 is 2.67 bits per heavy atom. The van der Waals surface area contributed by atoms with Crippen molar-refractivity contribution in [1.29, 1.82) is 0 Å². The summed E-state index contributed by atoms with van der Waals surface area (Å²) in [5.74, 6) is -0.901. The third-order valence-electron chi connectivity index (χ3n) is 2.67. The molecule has 1 N–H and O–H groups in total. The van der Waals surface area contributed by atoms with Crippen molar-refractivity contribution < 1.29 is 14.6 Å². The quantitative estimate of drug-likeness (QED) is 0.844. The standard InChI is InChI=1S/C14H21NO3/c1-10(2)18-8-7-15(4)13-9-11(3)5-6-12(13)14(16)17/h5-6,9-10H,7-8H2,1-4H3,(H,16,17). The largest absolute Gasteiger partial charge is 0.478 e.